The molecule has 0 unspecified atom stereocenters. The molecule has 6 rings (SSSR count). The van der Waals surface area contributed by atoms with Crippen LogP contribution in [0.2, 0.25) is 0 Å². The summed E-state index contributed by atoms with van der Waals surface area (Å²) in [4.78, 5) is 13.8. The maximum absolute atomic E-state index is 13.4. The molecule has 8 nitrogen and oxygen atoms in total. The van der Waals surface area contributed by atoms with Crippen LogP contribution in [0.4, 0.5) is 26.3 Å². The van der Waals surface area contributed by atoms with E-state index in [1.54, 1.807) is 60.8 Å². The molecule has 0 atom stereocenters. The van der Waals surface area contributed by atoms with E-state index in [2.05, 4.69) is 15.2 Å². The number of hydrogen-bond acceptors (Lipinski definition) is 6. The van der Waals surface area contributed by atoms with E-state index in [1.807, 2.05) is 18.2 Å². The van der Waals surface area contributed by atoms with Crippen LogP contribution in [0, 0.1) is 0 Å². The van der Waals surface area contributed by atoms with Crippen molar-refractivity contribution >= 4 is 0 Å². The van der Waals surface area contributed by atoms with Crippen molar-refractivity contribution < 1.29 is 31.1 Å². The number of alkyl halides is 6. The normalized spacial score (nSPS) is 12.4. The Labute approximate surface area is 270 Å². The van der Waals surface area contributed by atoms with Gasteiger partial charge in [0, 0.05) is 30.9 Å². The van der Waals surface area contributed by atoms with E-state index in [9.17, 15) is 26.3 Å². The van der Waals surface area contributed by atoms with Gasteiger partial charge in [-0.15, -0.1) is 0 Å². The van der Waals surface area contributed by atoms with Crippen molar-refractivity contribution in [2.75, 3.05) is 6.61 Å². The highest BCUT2D eigenvalue weighted by atomic mass is 19.4. The van der Waals surface area contributed by atoms with Gasteiger partial charge in [-0.25, -0.2) is 19.3 Å². The third-order valence-corrected chi connectivity index (χ3v) is 7.47. The first-order valence-corrected chi connectivity index (χ1v) is 14.8. The number of ether oxygens (including phenoxy) is 1. The molecular formula is C34H27F6N7O. The van der Waals surface area contributed by atoms with E-state index in [0.717, 1.165) is 46.0 Å². The summed E-state index contributed by atoms with van der Waals surface area (Å²) in [6.45, 7) is 0.194. The molecule has 14 heteroatoms. The lowest BCUT2D eigenvalue weighted by molar-refractivity contribution is -0.142. The van der Waals surface area contributed by atoms with Gasteiger partial charge in [0.25, 0.3) is 0 Å². The van der Waals surface area contributed by atoms with Crippen molar-refractivity contribution in [3.05, 3.63) is 150 Å². The predicted molar refractivity (Wildman–Crippen MR) is 162 cm³/mol. The summed E-state index contributed by atoms with van der Waals surface area (Å²) in [5.41, 5.74) is -1.69. The Kier molecular flexibility index (Phi) is 9.09. The molecule has 0 aliphatic heterocycles. The Morgan fingerprint density at radius 3 is 1.62 bits per heavy atom. The van der Waals surface area contributed by atoms with Crippen LogP contribution >= 0.6 is 0 Å². The van der Waals surface area contributed by atoms with Crippen molar-refractivity contribution in [2.45, 2.75) is 37.2 Å². The molecule has 0 aliphatic carbocycles. The molecule has 246 valence electrons. The monoisotopic (exact) mass is 663 g/mol. The maximum atomic E-state index is 13.4. The highest BCUT2D eigenvalue weighted by Gasteiger charge is 2.42. The summed E-state index contributed by atoms with van der Waals surface area (Å²) in [7, 11) is 0. The molecule has 0 fully saturated rings. The first-order valence-electron chi connectivity index (χ1n) is 14.8. The summed E-state index contributed by atoms with van der Waals surface area (Å²) in [6, 6.07) is 25.9. The summed E-state index contributed by atoms with van der Waals surface area (Å²) < 4.78 is 89.1. The lowest BCUT2D eigenvalue weighted by atomic mass is 9.85. The van der Waals surface area contributed by atoms with Gasteiger partial charge in [0.15, 0.2) is 28.6 Å². The van der Waals surface area contributed by atoms with Crippen LogP contribution in [-0.2, 0) is 29.1 Å². The minimum Gasteiger partial charge on any atom is -0.358 e. The Hall–Kier alpha value is -5.37. The van der Waals surface area contributed by atoms with E-state index in [-0.39, 0.29) is 29.6 Å². The zero-order valence-electron chi connectivity index (χ0n) is 25.1. The molecule has 0 amide bonds. The van der Waals surface area contributed by atoms with Crippen LogP contribution < -0.4 is 0 Å². The molecule has 0 bridgehead atoms. The Morgan fingerprint density at radius 2 is 1.12 bits per heavy atom. The summed E-state index contributed by atoms with van der Waals surface area (Å²) in [5.74, 6) is 0.167. The van der Waals surface area contributed by atoms with Gasteiger partial charge >= 0.3 is 12.4 Å². The standard InChI is InChI=1S/C34H27F6N7O/c35-33(36,37)28-18-21-46(44-28)30-16-8-14-26(42-30)32(24-10-2-1-3-11-24,48-23-7-5-13-25-12-4-6-20-41-25)27-15-9-17-31(43-27)47-22-19-29(45-47)34(38,39)40/h1-4,6,8-12,14-22H,5,7,13,23H2. The van der Waals surface area contributed by atoms with Crippen molar-refractivity contribution in [1.29, 1.82) is 0 Å². The van der Waals surface area contributed by atoms with Crippen LogP contribution in [0.5, 0.6) is 0 Å². The first kappa shape index (κ1) is 32.6. The first-order chi connectivity index (χ1) is 23.0. The van der Waals surface area contributed by atoms with E-state index < -0.39 is 29.3 Å². The second-order valence-corrected chi connectivity index (χ2v) is 10.7. The number of halogens is 6. The van der Waals surface area contributed by atoms with Crippen molar-refractivity contribution in [3.8, 4) is 11.6 Å². The minimum atomic E-state index is -4.65. The number of unbranched alkanes of at least 4 members (excludes halogenated alkanes) is 1. The van der Waals surface area contributed by atoms with Crippen LogP contribution in [0.25, 0.3) is 11.6 Å². The second kappa shape index (κ2) is 13.4. The summed E-state index contributed by atoms with van der Waals surface area (Å²) in [5, 5.41) is 7.35. The van der Waals surface area contributed by atoms with Gasteiger partial charge in [-0.3, -0.25) is 4.98 Å². The fourth-order valence-corrected chi connectivity index (χ4v) is 5.21. The van der Waals surface area contributed by atoms with Gasteiger partial charge in [0.2, 0.25) is 0 Å². The van der Waals surface area contributed by atoms with Crippen LogP contribution in [0.1, 0.15) is 46.9 Å². The highest BCUT2D eigenvalue weighted by Crippen LogP contribution is 2.40. The molecule has 1 aromatic carbocycles. The highest BCUT2D eigenvalue weighted by molar-refractivity contribution is 5.45. The number of pyridine rings is 3. The number of aryl methyl sites for hydroxylation is 1. The van der Waals surface area contributed by atoms with Crippen LogP contribution in [0.15, 0.2) is 116 Å². The zero-order chi connectivity index (χ0) is 33.8. The summed E-state index contributed by atoms with van der Waals surface area (Å²) in [6.07, 6.45) is -3.25. The average molecular weight is 664 g/mol. The van der Waals surface area contributed by atoms with E-state index in [1.165, 1.54) is 12.1 Å². The van der Waals surface area contributed by atoms with Crippen LogP contribution in [0.3, 0.4) is 0 Å². The molecule has 5 heterocycles. The van der Waals surface area contributed by atoms with Crippen molar-refractivity contribution in [3.63, 3.8) is 0 Å². The van der Waals surface area contributed by atoms with Gasteiger partial charge < -0.3 is 4.74 Å². The molecule has 0 aliphatic rings. The van der Waals surface area contributed by atoms with Gasteiger partial charge in [-0.2, -0.15) is 36.5 Å². The largest absolute Gasteiger partial charge is 0.435 e. The summed E-state index contributed by atoms with van der Waals surface area (Å²) >= 11 is 0. The Bertz CT molecular complexity index is 1860. The van der Waals surface area contributed by atoms with Crippen LogP contribution in [-0.4, -0.2) is 41.1 Å². The number of aromatic nitrogens is 7. The Balaban J connectivity index is 1.45. The maximum Gasteiger partial charge on any atom is 0.435 e. The fraction of sp³-hybridized carbons (Fsp3) is 0.206. The number of rotatable bonds is 11. The smallest absolute Gasteiger partial charge is 0.358 e. The van der Waals surface area contributed by atoms with Gasteiger partial charge in [0.1, 0.15) is 0 Å². The molecule has 5 aromatic heterocycles. The lowest BCUT2D eigenvalue weighted by Crippen LogP contribution is -2.36. The van der Waals surface area contributed by atoms with Gasteiger partial charge in [0.05, 0.1) is 11.4 Å². The third-order valence-electron chi connectivity index (χ3n) is 7.47. The topological polar surface area (TPSA) is 83.5 Å². The number of hydrogen-bond donors (Lipinski definition) is 0. The molecule has 48 heavy (non-hydrogen) atoms. The van der Waals surface area contributed by atoms with Gasteiger partial charge in [-0.05, 0) is 73.4 Å². The number of nitrogens with zero attached hydrogens (tertiary/aromatic N) is 7. The fourth-order valence-electron chi connectivity index (χ4n) is 5.21. The predicted octanol–water partition coefficient (Wildman–Crippen LogP) is 7.61. The lowest BCUT2D eigenvalue weighted by Gasteiger charge is -2.34. The van der Waals surface area contributed by atoms with Crippen molar-refractivity contribution in [2.24, 2.45) is 0 Å². The Morgan fingerprint density at radius 1 is 0.562 bits per heavy atom. The van der Waals surface area contributed by atoms with E-state index in [0.29, 0.717) is 18.4 Å². The number of benzene rings is 1. The van der Waals surface area contributed by atoms with E-state index >= 15 is 0 Å². The SMILES string of the molecule is FC(F)(F)c1ccn(-c2cccc(C(OCCCCc3ccccn3)(c3ccccc3)c3cccc(-n4ccc(C(F)(F)F)n4)n3)n2)n1. The molecule has 0 spiro atoms. The molecular weight excluding hydrogens is 636 g/mol. The minimum absolute atomic E-state index is 0.0834. The van der Waals surface area contributed by atoms with E-state index in [4.69, 9.17) is 14.7 Å². The van der Waals surface area contributed by atoms with Crippen molar-refractivity contribution in [1.82, 2.24) is 34.5 Å². The molecule has 0 N–H and O–H groups in total. The van der Waals surface area contributed by atoms with Gasteiger partial charge in [-0.1, -0.05) is 48.5 Å². The third kappa shape index (κ3) is 6.98. The molecule has 0 saturated carbocycles. The molecule has 0 radical (unpaired) electrons. The molecule has 0 saturated heterocycles. The second-order valence-electron chi connectivity index (χ2n) is 10.7. The average Bonchev–Trinajstić information content (AvgIpc) is 3.80. The zero-order valence-corrected chi connectivity index (χ0v) is 25.1. The molecule has 6 aromatic rings. The quantitative estimate of drug-likeness (QED) is 0.105.